The van der Waals surface area contributed by atoms with Crippen molar-refractivity contribution in [3.8, 4) is 5.75 Å². The van der Waals surface area contributed by atoms with Crippen molar-refractivity contribution in [2.24, 2.45) is 0 Å². The van der Waals surface area contributed by atoms with Crippen LogP contribution in [0.3, 0.4) is 0 Å². The van der Waals surface area contributed by atoms with Gasteiger partial charge in [-0.2, -0.15) is 0 Å². The van der Waals surface area contributed by atoms with E-state index in [9.17, 15) is 13.2 Å². The smallest absolute Gasteiger partial charge is 0.257 e. The lowest BCUT2D eigenvalue weighted by molar-refractivity contribution is 0.0781. The van der Waals surface area contributed by atoms with E-state index in [1.165, 1.54) is 20.2 Å². The van der Waals surface area contributed by atoms with E-state index >= 15 is 0 Å². The van der Waals surface area contributed by atoms with Crippen molar-refractivity contribution in [3.63, 3.8) is 0 Å². The summed E-state index contributed by atoms with van der Waals surface area (Å²) in [6, 6.07) is 14.4. The van der Waals surface area contributed by atoms with Crippen LogP contribution in [0.1, 0.15) is 15.9 Å². The molecule has 0 saturated carbocycles. The average molecular weight is 362 g/mol. The second kappa shape index (κ2) is 7.57. The summed E-state index contributed by atoms with van der Waals surface area (Å²) in [7, 11) is 1.20. The van der Waals surface area contributed by atoms with E-state index in [-0.39, 0.29) is 5.91 Å². The minimum absolute atomic E-state index is 0.246. The summed E-state index contributed by atoms with van der Waals surface area (Å²) in [5.74, 6) is 0.153. The summed E-state index contributed by atoms with van der Waals surface area (Å²) in [5.41, 5.74) is 1.72. The lowest BCUT2D eigenvalue weighted by Gasteiger charge is -2.21. The summed E-state index contributed by atoms with van der Waals surface area (Å²) in [4.78, 5) is 14.4. The van der Waals surface area contributed by atoms with Crippen LogP contribution in [0.2, 0.25) is 0 Å². The molecule has 0 radical (unpaired) electrons. The number of benzene rings is 2. The molecule has 0 bridgehead atoms. The number of rotatable bonds is 6. The number of methoxy groups -OCH3 is 1. The second-order valence-electron chi connectivity index (χ2n) is 5.76. The number of carbonyl (C=O) groups is 1. The van der Waals surface area contributed by atoms with Crippen molar-refractivity contribution >= 4 is 21.6 Å². The first-order valence-corrected chi connectivity index (χ1v) is 9.50. The fourth-order valence-electron chi connectivity index (χ4n) is 2.39. The predicted molar refractivity (Wildman–Crippen MR) is 98.5 cm³/mol. The van der Waals surface area contributed by atoms with Gasteiger partial charge in [0.15, 0.2) is 0 Å². The van der Waals surface area contributed by atoms with E-state index in [2.05, 4.69) is 0 Å². The number of anilines is 1. The molecule has 7 heteroatoms. The summed E-state index contributed by atoms with van der Waals surface area (Å²) < 4.78 is 29.9. The number of ether oxygens (including phenoxy) is 1. The van der Waals surface area contributed by atoms with Crippen molar-refractivity contribution < 1.29 is 17.9 Å². The zero-order valence-corrected chi connectivity index (χ0v) is 15.6. The molecule has 0 spiro atoms. The Kier molecular flexibility index (Phi) is 5.69. The molecular formula is C18H22N2O4S. The van der Waals surface area contributed by atoms with Gasteiger partial charge in [-0.3, -0.25) is 9.10 Å². The predicted octanol–water partition coefficient (Wildman–Crippen LogP) is 2.36. The van der Waals surface area contributed by atoms with Crippen molar-refractivity contribution in [2.75, 3.05) is 31.8 Å². The van der Waals surface area contributed by atoms with Crippen LogP contribution >= 0.6 is 0 Å². The summed E-state index contributed by atoms with van der Waals surface area (Å²) in [5, 5.41) is 0. The van der Waals surface area contributed by atoms with E-state index in [0.29, 0.717) is 23.5 Å². The second-order valence-corrected chi connectivity index (χ2v) is 7.78. The van der Waals surface area contributed by atoms with Crippen LogP contribution in [-0.2, 0) is 16.6 Å². The molecule has 0 aliphatic rings. The van der Waals surface area contributed by atoms with Gasteiger partial charge in [0, 0.05) is 20.6 Å². The SMILES string of the molecule is COc1ccc(N(C)S(C)(=O)=O)cc1C(=O)N(C)Cc1ccccc1. The van der Waals surface area contributed by atoms with Crippen LogP contribution < -0.4 is 9.04 Å². The van der Waals surface area contributed by atoms with Gasteiger partial charge in [-0.15, -0.1) is 0 Å². The Morgan fingerprint density at radius 2 is 1.72 bits per heavy atom. The largest absolute Gasteiger partial charge is 0.496 e. The molecule has 0 unspecified atom stereocenters. The monoisotopic (exact) mass is 362 g/mol. The molecule has 0 fully saturated rings. The standard InChI is InChI=1S/C18H22N2O4S/c1-19(13-14-8-6-5-7-9-14)18(21)16-12-15(10-11-17(16)24-3)20(2)25(4,22)23/h5-12H,13H2,1-4H3. The summed E-state index contributed by atoms with van der Waals surface area (Å²) in [6.07, 6.45) is 1.11. The number of amides is 1. The topological polar surface area (TPSA) is 66.9 Å². The van der Waals surface area contributed by atoms with Gasteiger partial charge in [-0.25, -0.2) is 8.42 Å². The van der Waals surface area contributed by atoms with Crippen molar-refractivity contribution in [1.29, 1.82) is 0 Å². The highest BCUT2D eigenvalue weighted by Gasteiger charge is 2.20. The molecule has 0 aromatic heterocycles. The quantitative estimate of drug-likeness (QED) is 0.791. The van der Waals surface area contributed by atoms with E-state index in [1.54, 1.807) is 24.1 Å². The molecule has 25 heavy (non-hydrogen) atoms. The van der Waals surface area contributed by atoms with Crippen LogP contribution in [0.15, 0.2) is 48.5 Å². The van der Waals surface area contributed by atoms with Gasteiger partial charge in [0.1, 0.15) is 5.75 Å². The molecule has 134 valence electrons. The first-order chi connectivity index (χ1) is 11.7. The molecule has 0 N–H and O–H groups in total. The highest BCUT2D eigenvalue weighted by Crippen LogP contribution is 2.27. The molecule has 0 heterocycles. The van der Waals surface area contributed by atoms with Crippen molar-refractivity contribution in [3.05, 3.63) is 59.7 Å². The third-order valence-electron chi connectivity index (χ3n) is 3.88. The van der Waals surface area contributed by atoms with Gasteiger partial charge in [0.05, 0.1) is 24.6 Å². The number of sulfonamides is 1. The number of carbonyl (C=O) groups excluding carboxylic acids is 1. The van der Waals surface area contributed by atoms with Gasteiger partial charge in [-0.05, 0) is 23.8 Å². The molecule has 0 aliphatic carbocycles. The normalized spacial score (nSPS) is 11.0. The Morgan fingerprint density at radius 3 is 2.28 bits per heavy atom. The number of hydrogen-bond donors (Lipinski definition) is 0. The van der Waals surface area contributed by atoms with Crippen LogP contribution in [-0.4, -0.2) is 46.7 Å². The van der Waals surface area contributed by atoms with Gasteiger partial charge in [0.25, 0.3) is 5.91 Å². The maximum atomic E-state index is 12.8. The Hall–Kier alpha value is -2.54. The lowest BCUT2D eigenvalue weighted by atomic mass is 10.1. The first kappa shape index (κ1) is 18.8. The van der Waals surface area contributed by atoms with E-state index < -0.39 is 10.0 Å². The minimum atomic E-state index is -3.42. The molecule has 0 atom stereocenters. The average Bonchev–Trinajstić information content (AvgIpc) is 2.59. The van der Waals surface area contributed by atoms with Crippen molar-refractivity contribution in [1.82, 2.24) is 4.90 Å². The van der Waals surface area contributed by atoms with Gasteiger partial charge in [0.2, 0.25) is 10.0 Å². The number of hydrogen-bond acceptors (Lipinski definition) is 4. The van der Waals surface area contributed by atoms with Crippen LogP contribution in [0, 0.1) is 0 Å². The molecule has 2 aromatic rings. The molecule has 2 aromatic carbocycles. The first-order valence-electron chi connectivity index (χ1n) is 7.65. The Morgan fingerprint density at radius 1 is 1.08 bits per heavy atom. The third-order valence-corrected chi connectivity index (χ3v) is 5.09. The lowest BCUT2D eigenvalue weighted by Crippen LogP contribution is -2.28. The Balaban J connectivity index is 2.33. The van der Waals surface area contributed by atoms with Crippen LogP contribution in [0.4, 0.5) is 5.69 Å². The van der Waals surface area contributed by atoms with Gasteiger partial charge < -0.3 is 9.64 Å². The maximum Gasteiger partial charge on any atom is 0.257 e. The number of nitrogens with zero attached hydrogens (tertiary/aromatic N) is 2. The Labute approximate surface area is 148 Å². The fourth-order valence-corrected chi connectivity index (χ4v) is 2.88. The van der Waals surface area contributed by atoms with E-state index in [0.717, 1.165) is 16.1 Å². The van der Waals surface area contributed by atoms with Crippen molar-refractivity contribution in [2.45, 2.75) is 6.54 Å². The van der Waals surface area contributed by atoms with Gasteiger partial charge in [-0.1, -0.05) is 30.3 Å². The van der Waals surface area contributed by atoms with E-state index in [4.69, 9.17) is 4.74 Å². The molecule has 0 saturated heterocycles. The van der Waals surface area contributed by atoms with Crippen LogP contribution in [0.5, 0.6) is 5.75 Å². The highest BCUT2D eigenvalue weighted by molar-refractivity contribution is 7.92. The van der Waals surface area contributed by atoms with Gasteiger partial charge >= 0.3 is 0 Å². The minimum Gasteiger partial charge on any atom is -0.496 e. The third kappa shape index (κ3) is 4.51. The maximum absolute atomic E-state index is 12.8. The zero-order valence-electron chi connectivity index (χ0n) is 14.8. The summed E-state index contributed by atoms with van der Waals surface area (Å²) in [6.45, 7) is 0.439. The molecule has 0 aliphatic heterocycles. The molecular weight excluding hydrogens is 340 g/mol. The zero-order chi connectivity index (χ0) is 18.6. The highest BCUT2D eigenvalue weighted by atomic mass is 32.2. The fraction of sp³-hybridized carbons (Fsp3) is 0.278. The Bertz CT molecular complexity index is 851. The summed E-state index contributed by atoms with van der Waals surface area (Å²) >= 11 is 0. The van der Waals surface area contributed by atoms with Crippen LogP contribution in [0.25, 0.3) is 0 Å². The molecule has 1 amide bonds. The molecule has 2 rings (SSSR count). The van der Waals surface area contributed by atoms with E-state index in [1.807, 2.05) is 30.3 Å². The molecule has 6 nitrogen and oxygen atoms in total.